The lowest BCUT2D eigenvalue weighted by atomic mass is 10.1. The second-order valence-electron chi connectivity index (χ2n) is 3.06. The van der Waals surface area contributed by atoms with Crippen LogP contribution < -0.4 is 11.4 Å². The molecule has 1 atom stereocenters. The molecule has 78 valence electrons. The van der Waals surface area contributed by atoms with Gasteiger partial charge in [-0.05, 0) is 11.6 Å². The molecule has 2 rings (SSSR count). The minimum atomic E-state index is -0.530. The SMILES string of the molecule is N[C@@H](c1n[nH]c(=O)[nH]1)c1ccccc1Cl. The van der Waals surface area contributed by atoms with Gasteiger partial charge in [0.15, 0.2) is 5.82 Å². The molecule has 1 aromatic carbocycles. The van der Waals surface area contributed by atoms with Crippen molar-refractivity contribution in [3.05, 3.63) is 51.2 Å². The maximum atomic E-state index is 10.8. The van der Waals surface area contributed by atoms with Crippen LogP contribution in [0.2, 0.25) is 5.02 Å². The van der Waals surface area contributed by atoms with Crippen LogP contribution in [0.5, 0.6) is 0 Å². The third kappa shape index (κ3) is 1.93. The summed E-state index contributed by atoms with van der Waals surface area (Å²) in [6.07, 6.45) is 0. The zero-order chi connectivity index (χ0) is 10.8. The van der Waals surface area contributed by atoms with Crippen LogP contribution in [0, 0.1) is 0 Å². The Balaban J connectivity index is 2.40. The normalized spacial score (nSPS) is 12.7. The van der Waals surface area contributed by atoms with Crippen LogP contribution in [0.25, 0.3) is 0 Å². The molecular formula is C9H9ClN4O. The predicted molar refractivity (Wildman–Crippen MR) is 56.7 cm³/mol. The molecule has 1 aromatic heterocycles. The Morgan fingerprint density at radius 1 is 1.40 bits per heavy atom. The fourth-order valence-corrected chi connectivity index (χ4v) is 1.56. The van der Waals surface area contributed by atoms with Crippen LogP contribution in [0.1, 0.15) is 17.4 Å². The van der Waals surface area contributed by atoms with Crippen molar-refractivity contribution in [2.24, 2.45) is 5.73 Å². The van der Waals surface area contributed by atoms with Crippen molar-refractivity contribution in [1.29, 1.82) is 0 Å². The minimum Gasteiger partial charge on any atom is -0.318 e. The molecule has 5 nitrogen and oxygen atoms in total. The number of aromatic amines is 2. The molecule has 0 saturated carbocycles. The van der Waals surface area contributed by atoms with Crippen LogP contribution in [0.3, 0.4) is 0 Å². The van der Waals surface area contributed by atoms with Crippen LogP contribution in [0.4, 0.5) is 0 Å². The van der Waals surface area contributed by atoms with Gasteiger partial charge in [-0.2, -0.15) is 5.10 Å². The second kappa shape index (κ2) is 3.88. The summed E-state index contributed by atoms with van der Waals surface area (Å²) in [4.78, 5) is 13.3. The number of hydrogen-bond acceptors (Lipinski definition) is 3. The van der Waals surface area contributed by atoms with E-state index in [9.17, 15) is 4.79 Å². The first-order chi connectivity index (χ1) is 7.18. The lowest BCUT2D eigenvalue weighted by molar-refractivity contribution is 0.787. The summed E-state index contributed by atoms with van der Waals surface area (Å²) in [5.74, 6) is 0.369. The Morgan fingerprint density at radius 2 is 2.13 bits per heavy atom. The van der Waals surface area contributed by atoms with Crippen LogP contribution in [-0.4, -0.2) is 15.2 Å². The number of aromatic nitrogens is 3. The van der Waals surface area contributed by atoms with Gasteiger partial charge in [0.2, 0.25) is 0 Å². The molecule has 0 aliphatic rings. The van der Waals surface area contributed by atoms with Crippen molar-refractivity contribution in [2.75, 3.05) is 0 Å². The summed E-state index contributed by atoms with van der Waals surface area (Å²) in [6, 6.07) is 6.64. The predicted octanol–water partition coefficient (Wildman–Crippen LogP) is 0.799. The zero-order valence-electron chi connectivity index (χ0n) is 7.70. The van der Waals surface area contributed by atoms with Crippen LogP contribution >= 0.6 is 11.6 Å². The summed E-state index contributed by atoms with van der Waals surface area (Å²) in [7, 11) is 0. The van der Waals surface area contributed by atoms with Gasteiger partial charge in [-0.3, -0.25) is 4.98 Å². The third-order valence-corrected chi connectivity index (χ3v) is 2.40. The van der Waals surface area contributed by atoms with Crippen LogP contribution in [0.15, 0.2) is 29.1 Å². The average molecular weight is 225 g/mol. The number of benzene rings is 1. The number of nitrogens with zero attached hydrogens (tertiary/aromatic N) is 1. The number of rotatable bonds is 2. The molecule has 0 fully saturated rings. The maximum Gasteiger partial charge on any atom is 0.340 e. The highest BCUT2D eigenvalue weighted by Gasteiger charge is 2.14. The first-order valence-corrected chi connectivity index (χ1v) is 4.71. The number of H-pyrrole nitrogens is 2. The van der Waals surface area contributed by atoms with E-state index in [1.54, 1.807) is 12.1 Å². The Hall–Kier alpha value is -1.59. The van der Waals surface area contributed by atoms with Gasteiger partial charge in [0.05, 0.1) is 6.04 Å². The van der Waals surface area contributed by atoms with Crippen molar-refractivity contribution < 1.29 is 0 Å². The Morgan fingerprint density at radius 3 is 2.73 bits per heavy atom. The van der Waals surface area contributed by atoms with E-state index in [0.717, 1.165) is 5.56 Å². The molecule has 0 amide bonds. The molecule has 0 aliphatic heterocycles. The van der Waals surface area contributed by atoms with Crippen molar-refractivity contribution in [3.63, 3.8) is 0 Å². The smallest absolute Gasteiger partial charge is 0.318 e. The number of nitrogens with two attached hydrogens (primary N) is 1. The van der Waals surface area contributed by atoms with Gasteiger partial charge in [-0.15, -0.1) is 0 Å². The summed E-state index contributed by atoms with van der Waals surface area (Å²) >= 11 is 5.97. The zero-order valence-corrected chi connectivity index (χ0v) is 8.45. The maximum absolute atomic E-state index is 10.8. The average Bonchev–Trinajstić information content (AvgIpc) is 2.65. The van der Waals surface area contributed by atoms with Crippen molar-refractivity contribution in [3.8, 4) is 0 Å². The highest BCUT2D eigenvalue weighted by atomic mass is 35.5. The van der Waals surface area contributed by atoms with Crippen molar-refractivity contribution >= 4 is 11.6 Å². The van der Waals surface area contributed by atoms with E-state index >= 15 is 0 Å². The number of hydrogen-bond donors (Lipinski definition) is 3. The quantitative estimate of drug-likeness (QED) is 0.705. The molecule has 1 heterocycles. The first kappa shape index (κ1) is 9.95. The molecular weight excluding hydrogens is 216 g/mol. The fraction of sp³-hybridized carbons (Fsp3) is 0.111. The summed E-state index contributed by atoms with van der Waals surface area (Å²) in [6.45, 7) is 0. The Bertz CT molecular complexity index is 519. The summed E-state index contributed by atoms with van der Waals surface area (Å²) in [5, 5.41) is 6.56. The van der Waals surface area contributed by atoms with Crippen molar-refractivity contribution in [1.82, 2.24) is 15.2 Å². The molecule has 15 heavy (non-hydrogen) atoms. The van der Waals surface area contributed by atoms with E-state index in [2.05, 4.69) is 15.2 Å². The standard InChI is InChI=1S/C9H9ClN4O/c10-6-4-2-1-3-5(6)7(11)8-12-9(15)14-13-8/h1-4,7H,11H2,(H2,12,13,14,15)/t7-/m1/s1. The molecule has 0 unspecified atom stereocenters. The fourth-order valence-electron chi connectivity index (χ4n) is 1.31. The molecule has 0 radical (unpaired) electrons. The van der Waals surface area contributed by atoms with E-state index in [-0.39, 0.29) is 5.69 Å². The molecule has 0 bridgehead atoms. The topological polar surface area (TPSA) is 87.6 Å². The molecule has 2 aromatic rings. The van der Waals surface area contributed by atoms with E-state index in [0.29, 0.717) is 10.8 Å². The molecule has 0 aliphatic carbocycles. The number of halogens is 1. The van der Waals surface area contributed by atoms with Gasteiger partial charge in [-0.1, -0.05) is 29.8 Å². The molecule has 0 saturated heterocycles. The minimum absolute atomic E-state index is 0.369. The lowest BCUT2D eigenvalue weighted by Gasteiger charge is -2.09. The largest absolute Gasteiger partial charge is 0.340 e. The first-order valence-electron chi connectivity index (χ1n) is 4.33. The second-order valence-corrected chi connectivity index (χ2v) is 3.47. The summed E-state index contributed by atoms with van der Waals surface area (Å²) in [5.41, 5.74) is 6.24. The van der Waals surface area contributed by atoms with E-state index < -0.39 is 6.04 Å². The Labute approximate surface area is 90.3 Å². The number of nitrogens with one attached hydrogen (secondary N) is 2. The summed E-state index contributed by atoms with van der Waals surface area (Å²) < 4.78 is 0. The van der Waals surface area contributed by atoms with E-state index in [1.165, 1.54) is 0 Å². The Kier molecular flexibility index (Phi) is 2.57. The van der Waals surface area contributed by atoms with Gasteiger partial charge in [-0.25, -0.2) is 9.89 Å². The van der Waals surface area contributed by atoms with Crippen LogP contribution in [-0.2, 0) is 0 Å². The van der Waals surface area contributed by atoms with Crippen molar-refractivity contribution in [2.45, 2.75) is 6.04 Å². The molecule has 0 spiro atoms. The molecule has 6 heteroatoms. The highest BCUT2D eigenvalue weighted by molar-refractivity contribution is 6.31. The van der Waals surface area contributed by atoms with Gasteiger partial charge >= 0.3 is 5.69 Å². The third-order valence-electron chi connectivity index (χ3n) is 2.05. The van der Waals surface area contributed by atoms with Gasteiger partial charge in [0.25, 0.3) is 0 Å². The monoisotopic (exact) mass is 224 g/mol. The highest BCUT2D eigenvalue weighted by Crippen LogP contribution is 2.23. The van der Waals surface area contributed by atoms with E-state index in [4.69, 9.17) is 17.3 Å². The van der Waals surface area contributed by atoms with Gasteiger partial charge < -0.3 is 5.73 Å². The molecule has 4 N–H and O–H groups in total. The van der Waals surface area contributed by atoms with E-state index in [1.807, 2.05) is 12.1 Å². The van der Waals surface area contributed by atoms with Gasteiger partial charge in [0.1, 0.15) is 0 Å². The lowest BCUT2D eigenvalue weighted by Crippen LogP contribution is -2.15. The van der Waals surface area contributed by atoms with Gasteiger partial charge in [0, 0.05) is 5.02 Å².